The molecule has 8 heteroatoms. The van der Waals surface area contributed by atoms with Gasteiger partial charge in [0.1, 0.15) is 16.5 Å². The van der Waals surface area contributed by atoms with Gasteiger partial charge in [-0.15, -0.1) is 36.2 Å². The molecular weight excluding hydrogens is 381 g/mol. The third kappa shape index (κ3) is 5.07. The first-order chi connectivity index (χ1) is 11.2. The van der Waals surface area contributed by atoms with Crippen molar-refractivity contribution in [3.8, 4) is 16.3 Å². The van der Waals surface area contributed by atoms with E-state index in [4.69, 9.17) is 4.74 Å². The lowest BCUT2D eigenvalue weighted by Gasteiger charge is -2.32. The molecule has 1 aliphatic rings. The van der Waals surface area contributed by atoms with Crippen LogP contribution < -0.4 is 10.1 Å². The molecule has 5 nitrogen and oxygen atoms in total. The summed E-state index contributed by atoms with van der Waals surface area (Å²) in [6, 6.07) is 8.11. The molecule has 138 valence electrons. The maximum absolute atomic E-state index is 12.6. The molecule has 1 atom stereocenters. The number of nitrogens with zero attached hydrogens (tertiary/aromatic N) is 2. The number of nitrogens with one attached hydrogen (secondary N) is 1. The highest BCUT2D eigenvalue weighted by Gasteiger charge is 2.25. The minimum atomic E-state index is 0. The summed E-state index contributed by atoms with van der Waals surface area (Å²) in [4.78, 5) is 19.1. The summed E-state index contributed by atoms with van der Waals surface area (Å²) in [5.41, 5.74) is 1.54. The summed E-state index contributed by atoms with van der Waals surface area (Å²) in [6.07, 6.45) is 2.15. The first-order valence-corrected chi connectivity index (χ1v) is 8.65. The van der Waals surface area contributed by atoms with E-state index in [0.717, 1.165) is 42.3 Å². The van der Waals surface area contributed by atoms with Crippen LogP contribution >= 0.6 is 36.2 Å². The van der Waals surface area contributed by atoms with Gasteiger partial charge in [-0.1, -0.05) is 0 Å². The number of halogens is 2. The predicted molar refractivity (Wildman–Crippen MR) is 107 cm³/mol. The number of piperidine rings is 1. The van der Waals surface area contributed by atoms with Gasteiger partial charge in [0.05, 0.1) is 7.11 Å². The number of ether oxygens (including phenoxy) is 1. The molecule has 25 heavy (non-hydrogen) atoms. The summed E-state index contributed by atoms with van der Waals surface area (Å²) in [6.45, 7) is 1.57. The highest BCUT2D eigenvalue weighted by atomic mass is 35.5. The Hall–Kier alpha value is -1.34. The van der Waals surface area contributed by atoms with Crippen molar-refractivity contribution in [3.63, 3.8) is 0 Å². The number of benzene rings is 1. The molecule has 2 aromatic rings. The van der Waals surface area contributed by atoms with E-state index in [1.165, 1.54) is 11.3 Å². The topological polar surface area (TPSA) is 54.5 Å². The Bertz CT molecular complexity index is 679. The second-order valence-electron chi connectivity index (χ2n) is 5.65. The van der Waals surface area contributed by atoms with Crippen LogP contribution in [0.2, 0.25) is 0 Å². The van der Waals surface area contributed by atoms with Crippen molar-refractivity contribution in [2.75, 3.05) is 27.2 Å². The zero-order valence-electron chi connectivity index (χ0n) is 14.2. The van der Waals surface area contributed by atoms with E-state index in [2.05, 4.69) is 10.3 Å². The van der Waals surface area contributed by atoms with Crippen molar-refractivity contribution in [1.82, 2.24) is 15.2 Å². The summed E-state index contributed by atoms with van der Waals surface area (Å²) in [5, 5.41) is 5.97. The first kappa shape index (κ1) is 21.7. The molecule has 0 radical (unpaired) electrons. The van der Waals surface area contributed by atoms with Gasteiger partial charge >= 0.3 is 0 Å². The lowest BCUT2D eigenvalue weighted by molar-refractivity contribution is 0.0693. The highest BCUT2D eigenvalue weighted by molar-refractivity contribution is 7.13. The van der Waals surface area contributed by atoms with Crippen LogP contribution in [0.5, 0.6) is 5.75 Å². The van der Waals surface area contributed by atoms with Crippen LogP contribution in [0, 0.1) is 0 Å². The van der Waals surface area contributed by atoms with Crippen LogP contribution in [0.25, 0.3) is 10.6 Å². The molecule has 1 unspecified atom stereocenters. The van der Waals surface area contributed by atoms with Crippen molar-refractivity contribution in [3.05, 3.63) is 35.3 Å². The Balaban J connectivity index is 0.00000156. The van der Waals surface area contributed by atoms with Crippen LogP contribution in [0.1, 0.15) is 23.3 Å². The van der Waals surface area contributed by atoms with Gasteiger partial charge in [-0.3, -0.25) is 4.79 Å². The number of thiazole rings is 1. The van der Waals surface area contributed by atoms with Crippen LogP contribution in [-0.4, -0.2) is 49.1 Å². The second kappa shape index (κ2) is 9.97. The van der Waals surface area contributed by atoms with Crippen molar-refractivity contribution < 1.29 is 9.53 Å². The minimum absolute atomic E-state index is 0. The fourth-order valence-electron chi connectivity index (χ4n) is 2.80. The second-order valence-corrected chi connectivity index (χ2v) is 6.50. The number of aromatic nitrogens is 1. The van der Waals surface area contributed by atoms with E-state index >= 15 is 0 Å². The van der Waals surface area contributed by atoms with Gasteiger partial charge in [-0.2, -0.15) is 0 Å². The van der Waals surface area contributed by atoms with Crippen molar-refractivity contribution >= 4 is 42.1 Å². The maximum Gasteiger partial charge on any atom is 0.273 e. The van der Waals surface area contributed by atoms with E-state index in [1.54, 1.807) is 7.11 Å². The molecule has 0 spiro atoms. The van der Waals surface area contributed by atoms with E-state index in [1.807, 2.05) is 41.6 Å². The molecule has 1 aromatic heterocycles. The molecule has 1 fully saturated rings. The number of likely N-dealkylation sites (N-methyl/N-ethyl adjacent to an activating group) is 1. The van der Waals surface area contributed by atoms with E-state index in [9.17, 15) is 4.79 Å². The quantitative estimate of drug-likeness (QED) is 0.848. The fourth-order valence-corrected chi connectivity index (χ4v) is 3.60. The number of methoxy groups -OCH3 is 1. The van der Waals surface area contributed by atoms with Gasteiger partial charge in [-0.25, -0.2) is 4.98 Å². The van der Waals surface area contributed by atoms with Gasteiger partial charge in [-0.05, 0) is 44.2 Å². The first-order valence-electron chi connectivity index (χ1n) is 7.77. The summed E-state index contributed by atoms with van der Waals surface area (Å²) in [5.74, 6) is 0.842. The van der Waals surface area contributed by atoms with E-state index in [-0.39, 0.29) is 30.7 Å². The fraction of sp³-hybridized carbons (Fsp3) is 0.412. The van der Waals surface area contributed by atoms with Gasteiger partial charge in [0.15, 0.2) is 0 Å². The van der Waals surface area contributed by atoms with Gasteiger partial charge in [0, 0.05) is 30.1 Å². The smallest absolute Gasteiger partial charge is 0.273 e. The van der Waals surface area contributed by atoms with Crippen molar-refractivity contribution in [2.45, 2.75) is 18.9 Å². The predicted octanol–water partition coefficient (Wildman–Crippen LogP) is 3.49. The largest absolute Gasteiger partial charge is 0.497 e. The van der Waals surface area contributed by atoms with Gasteiger partial charge in [0.25, 0.3) is 5.91 Å². The van der Waals surface area contributed by atoms with Crippen LogP contribution in [0.3, 0.4) is 0 Å². The number of hydrogen-bond donors (Lipinski definition) is 1. The normalized spacial score (nSPS) is 16.6. The summed E-state index contributed by atoms with van der Waals surface area (Å²) >= 11 is 1.50. The third-order valence-corrected chi connectivity index (χ3v) is 5.07. The van der Waals surface area contributed by atoms with Crippen molar-refractivity contribution in [1.29, 1.82) is 0 Å². The van der Waals surface area contributed by atoms with Gasteiger partial charge < -0.3 is 15.0 Å². The Morgan fingerprint density at radius 3 is 2.68 bits per heavy atom. The number of rotatable bonds is 4. The number of amides is 1. The molecule has 0 saturated carbocycles. The molecule has 0 bridgehead atoms. The van der Waals surface area contributed by atoms with Gasteiger partial charge in [0.2, 0.25) is 0 Å². The molecule has 2 heterocycles. The zero-order valence-corrected chi connectivity index (χ0v) is 16.7. The number of likely N-dealkylation sites (tertiary alicyclic amines) is 1. The molecule has 1 saturated heterocycles. The zero-order chi connectivity index (χ0) is 16.2. The Morgan fingerprint density at radius 2 is 2.04 bits per heavy atom. The average Bonchev–Trinajstić information content (AvgIpc) is 3.11. The molecule has 3 rings (SSSR count). The van der Waals surface area contributed by atoms with E-state index < -0.39 is 0 Å². The maximum atomic E-state index is 12.6. The van der Waals surface area contributed by atoms with E-state index in [0.29, 0.717) is 11.7 Å². The van der Waals surface area contributed by atoms with Crippen LogP contribution in [0.15, 0.2) is 29.6 Å². The highest BCUT2D eigenvalue weighted by Crippen LogP contribution is 2.26. The number of hydrogen-bond acceptors (Lipinski definition) is 5. The Labute approximate surface area is 164 Å². The molecule has 1 N–H and O–H groups in total. The monoisotopic (exact) mass is 403 g/mol. The third-order valence-electron chi connectivity index (χ3n) is 4.18. The van der Waals surface area contributed by atoms with Crippen LogP contribution in [0.4, 0.5) is 0 Å². The molecule has 1 amide bonds. The number of carbonyl (C=O) groups is 1. The number of carbonyl (C=O) groups excluding carboxylic acids is 1. The molecule has 1 aliphatic heterocycles. The average molecular weight is 404 g/mol. The molecule has 1 aromatic carbocycles. The Morgan fingerprint density at radius 1 is 1.32 bits per heavy atom. The lowest BCUT2D eigenvalue weighted by atomic mass is 10.1. The standard InChI is InChI=1S/C17H21N3O2S.2ClH/c1-18-13-4-3-9-20(10-13)17(21)15-11-23-16(19-15)12-5-7-14(22-2)8-6-12;;/h5-8,11,13,18H,3-4,9-10H2,1-2H3;2*1H. The Kier molecular flexibility index (Phi) is 8.65. The molecule has 0 aliphatic carbocycles. The van der Waals surface area contributed by atoms with Crippen LogP contribution in [-0.2, 0) is 0 Å². The minimum Gasteiger partial charge on any atom is -0.497 e. The SMILES string of the molecule is CNC1CCCN(C(=O)c2csc(-c3ccc(OC)cc3)n2)C1.Cl.Cl. The summed E-state index contributed by atoms with van der Waals surface area (Å²) in [7, 11) is 3.59. The molecular formula is C17H23Cl2N3O2S. The lowest BCUT2D eigenvalue weighted by Crippen LogP contribution is -2.47. The summed E-state index contributed by atoms with van der Waals surface area (Å²) < 4.78 is 5.16. The van der Waals surface area contributed by atoms with Crippen molar-refractivity contribution in [2.24, 2.45) is 0 Å².